The van der Waals surface area contributed by atoms with Gasteiger partial charge in [0.15, 0.2) is 16.7 Å². The first-order chi connectivity index (χ1) is 13.9. The highest BCUT2D eigenvalue weighted by Crippen LogP contribution is 2.32. The number of fused-ring (bicyclic) bond motifs is 2. The van der Waals surface area contributed by atoms with Crippen molar-refractivity contribution in [3.63, 3.8) is 0 Å². The summed E-state index contributed by atoms with van der Waals surface area (Å²) in [5.41, 5.74) is 12.7. The molecule has 1 aliphatic rings. The van der Waals surface area contributed by atoms with E-state index in [1.54, 1.807) is 42.5 Å². The van der Waals surface area contributed by atoms with Crippen LogP contribution < -0.4 is 16.8 Å². The summed E-state index contributed by atoms with van der Waals surface area (Å²) in [6.07, 6.45) is 0. The zero-order valence-electron chi connectivity index (χ0n) is 15.0. The Morgan fingerprint density at radius 2 is 1.52 bits per heavy atom. The van der Waals surface area contributed by atoms with Crippen LogP contribution in [0.1, 0.15) is 31.8 Å². The first kappa shape index (κ1) is 18.6. The summed E-state index contributed by atoms with van der Waals surface area (Å²) >= 11 is 1.06. The minimum Gasteiger partial charge on any atom is -0.383 e. The Hall–Kier alpha value is -3.72. The van der Waals surface area contributed by atoms with Crippen LogP contribution in [-0.2, 0) is 4.79 Å². The molecule has 0 bridgehead atoms. The number of nitrogens with two attached hydrogens (primary N) is 2. The number of benzene rings is 2. The van der Waals surface area contributed by atoms with Crippen LogP contribution in [0.25, 0.3) is 0 Å². The molecule has 0 saturated carbocycles. The molecule has 4 rings (SSSR count). The Kier molecular flexibility index (Phi) is 4.73. The zero-order valence-corrected chi connectivity index (χ0v) is 15.8. The SMILES string of the molecule is Nc1cc(N)nc(SCC(=O)Nc2cccc3c2C(=O)c2ccccc2C3=O)n1. The predicted octanol–water partition coefficient (Wildman–Crippen LogP) is 2.15. The fourth-order valence-corrected chi connectivity index (χ4v) is 3.76. The number of rotatable bonds is 4. The number of nitrogens with zero attached hydrogens (tertiary/aromatic N) is 2. The quantitative estimate of drug-likeness (QED) is 0.346. The Morgan fingerprint density at radius 3 is 2.21 bits per heavy atom. The van der Waals surface area contributed by atoms with Crippen molar-refractivity contribution >= 4 is 46.6 Å². The monoisotopic (exact) mass is 405 g/mol. The summed E-state index contributed by atoms with van der Waals surface area (Å²) in [4.78, 5) is 46.1. The van der Waals surface area contributed by atoms with E-state index in [0.717, 1.165) is 11.8 Å². The van der Waals surface area contributed by atoms with Crippen molar-refractivity contribution < 1.29 is 14.4 Å². The van der Waals surface area contributed by atoms with Gasteiger partial charge in [-0.1, -0.05) is 48.2 Å². The summed E-state index contributed by atoms with van der Waals surface area (Å²) in [5, 5.41) is 2.97. The molecule has 8 nitrogen and oxygen atoms in total. The maximum Gasteiger partial charge on any atom is 0.234 e. The molecule has 3 aromatic rings. The number of thioether (sulfide) groups is 1. The highest BCUT2D eigenvalue weighted by atomic mass is 32.2. The lowest BCUT2D eigenvalue weighted by Crippen LogP contribution is -2.24. The Bertz CT molecular complexity index is 1160. The van der Waals surface area contributed by atoms with Crippen molar-refractivity contribution in [2.75, 3.05) is 22.5 Å². The molecule has 0 unspecified atom stereocenters. The molecule has 0 atom stereocenters. The van der Waals surface area contributed by atoms with E-state index in [1.807, 2.05) is 0 Å². The standard InChI is InChI=1S/C20H15N5O3S/c21-14-8-15(22)25-20(24-14)29-9-16(26)23-13-7-3-6-12-17(13)19(28)11-5-2-1-4-10(11)18(12)27/h1-8H,9H2,(H,23,26)(H4,21,22,24,25). The van der Waals surface area contributed by atoms with Crippen molar-refractivity contribution in [3.05, 3.63) is 70.8 Å². The lowest BCUT2D eigenvalue weighted by Gasteiger charge is -2.20. The lowest BCUT2D eigenvalue weighted by atomic mass is 9.83. The molecule has 0 fully saturated rings. The average Bonchev–Trinajstić information content (AvgIpc) is 2.70. The number of ketones is 2. The molecule has 2 aromatic carbocycles. The second-order valence-electron chi connectivity index (χ2n) is 6.27. The number of anilines is 3. The third-order valence-electron chi connectivity index (χ3n) is 4.30. The van der Waals surface area contributed by atoms with Crippen LogP contribution in [-0.4, -0.2) is 33.2 Å². The summed E-state index contributed by atoms with van der Waals surface area (Å²) in [7, 11) is 0. The number of hydrogen-bond donors (Lipinski definition) is 3. The van der Waals surface area contributed by atoms with Crippen LogP contribution >= 0.6 is 11.8 Å². The van der Waals surface area contributed by atoms with Crippen molar-refractivity contribution in [2.24, 2.45) is 0 Å². The van der Waals surface area contributed by atoms with Gasteiger partial charge in [-0.05, 0) is 6.07 Å². The van der Waals surface area contributed by atoms with Gasteiger partial charge in [-0.2, -0.15) is 0 Å². The largest absolute Gasteiger partial charge is 0.383 e. The first-order valence-electron chi connectivity index (χ1n) is 8.58. The molecule has 9 heteroatoms. The summed E-state index contributed by atoms with van der Waals surface area (Å²) in [6, 6.07) is 12.9. The van der Waals surface area contributed by atoms with Crippen LogP contribution in [0.3, 0.4) is 0 Å². The van der Waals surface area contributed by atoms with Gasteiger partial charge in [-0.15, -0.1) is 0 Å². The minimum atomic E-state index is -0.382. The van der Waals surface area contributed by atoms with Crippen LogP contribution in [0.4, 0.5) is 17.3 Å². The molecule has 0 spiro atoms. The Labute approximate surface area is 169 Å². The second kappa shape index (κ2) is 7.36. The molecular formula is C20H15N5O3S. The van der Waals surface area contributed by atoms with Gasteiger partial charge >= 0.3 is 0 Å². The highest BCUT2D eigenvalue weighted by Gasteiger charge is 2.31. The number of aromatic nitrogens is 2. The molecular weight excluding hydrogens is 390 g/mol. The third-order valence-corrected chi connectivity index (χ3v) is 5.15. The molecule has 5 N–H and O–H groups in total. The second-order valence-corrected chi connectivity index (χ2v) is 7.21. The van der Waals surface area contributed by atoms with Crippen LogP contribution in [0, 0.1) is 0 Å². The predicted molar refractivity (Wildman–Crippen MR) is 110 cm³/mol. The minimum absolute atomic E-state index is 0.0225. The third kappa shape index (κ3) is 3.55. The van der Waals surface area contributed by atoms with Gasteiger partial charge in [0.05, 0.1) is 17.0 Å². The fourth-order valence-electron chi connectivity index (χ4n) is 3.09. The van der Waals surface area contributed by atoms with Gasteiger partial charge in [-0.25, -0.2) is 9.97 Å². The Balaban J connectivity index is 1.57. The summed E-state index contributed by atoms with van der Waals surface area (Å²) in [5.74, 6) is -0.534. The van der Waals surface area contributed by atoms with E-state index in [0.29, 0.717) is 11.1 Å². The topological polar surface area (TPSA) is 141 Å². The van der Waals surface area contributed by atoms with E-state index < -0.39 is 0 Å². The maximum absolute atomic E-state index is 13.0. The van der Waals surface area contributed by atoms with Gasteiger partial charge in [0.1, 0.15) is 11.6 Å². The van der Waals surface area contributed by atoms with Gasteiger partial charge in [0, 0.05) is 22.8 Å². The molecule has 0 radical (unpaired) electrons. The molecule has 1 aliphatic carbocycles. The highest BCUT2D eigenvalue weighted by molar-refractivity contribution is 7.99. The van der Waals surface area contributed by atoms with E-state index in [9.17, 15) is 14.4 Å². The van der Waals surface area contributed by atoms with E-state index in [1.165, 1.54) is 6.07 Å². The molecule has 1 aromatic heterocycles. The van der Waals surface area contributed by atoms with Gasteiger partial charge < -0.3 is 16.8 Å². The van der Waals surface area contributed by atoms with E-state index in [4.69, 9.17) is 11.5 Å². The number of carbonyl (C=O) groups excluding carboxylic acids is 3. The number of nitrogens with one attached hydrogen (secondary N) is 1. The van der Waals surface area contributed by atoms with Crippen LogP contribution in [0.2, 0.25) is 0 Å². The molecule has 0 aliphatic heterocycles. The average molecular weight is 405 g/mol. The van der Waals surface area contributed by atoms with E-state index in [-0.39, 0.29) is 56.8 Å². The summed E-state index contributed by atoms with van der Waals surface area (Å²) in [6.45, 7) is 0. The van der Waals surface area contributed by atoms with Crippen LogP contribution in [0.5, 0.6) is 0 Å². The van der Waals surface area contributed by atoms with E-state index in [2.05, 4.69) is 15.3 Å². The van der Waals surface area contributed by atoms with E-state index >= 15 is 0 Å². The molecule has 144 valence electrons. The molecule has 1 amide bonds. The summed E-state index contributed by atoms with van der Waals surface area (Å²) < 4.78 is 0. The van der Waals surface area contributed by atoms with Crippen LogP contribution in [0.15, 0.2) is 53.7 Å². The smallest absolute Gasteiger partial charge is 0.234 e. The first-order valence-corrected chi connectivity index (χ1v) is 9.56. The number of carbonyl (C=O) groups is 3. The molecule has 29 heavy (non-hydrogen) atoms. The maximum atomic E-state index is 13.0. The van der Waals surface area contributed by atoms with Gasteiger partial charge in [-0.3, -0.25) is 14.4 Å². The number of amides is 1. The van der Waals surface area contributed by atoms with Crippen molar-refractivity contribution in [1.29, 1.82) is 0 Å². The Morgan fingerprint density at radius 1 is 0.897 bits per heavy atom. The number of nitrogen functional groups attached to an aromatic ring is 2. The fraction of sp³-hybridized carbons (Fsp3) is 0.0500. The normalized spacial score (nSPS) is 12.3. The van der Waals surface area contributed by atoms with Crippen molar-refractivity contribution in [2.45, 2.75) is 5.16 Å². The molecule has 0 saturated heterocycles. The lowest BCUT2D eigenvalue weighted by molar-refractivity contribution is -0.113. The zero-order chi connectivity index (χ0) is 20.5. The van der Waals surface area contributed by atoms with Crippen molar-refractivity contribution in [1.82, 2.24) is 9.97 Å². The molecule has 1 heterocycles. The number of hydrogen-bond acceptors (Lipinski definition) is 8. The van der Waals surface area contributed by atoms with Gasteiger partial charge in [0.2, 0.25) is 5.91 Å². The van der Waals surface area contributed by atoms with Gasteiger partial charge in [0.25, 0.3) is 0 Å². The van der Waals surface area contributed by atoms with Crippen molar-refractivity contribution in [3.8, 4) is 0 Å².